The molecule has 120 valence electrons. The van der Waals surface area contributed by atoms with Crippen molar-refractivity contribution in [2.75, 3.05) is 6.61 Å². The van der Waals surface area contributed by atoms with E-state index >= 15 is 0 Å². The fraction of sp³-hybridized carbons (Fsp3) is 0.588. The first-order valence-corrected chi connectivity index (χ1v) is 8.50. The van der Waals surface area contributed by atoms with Crippen LogP contribution in [0.25, 0.3) is 5.65 Å². The van der Waals surface area contributed by atoms with Crippen LogP contribution in [-0.4, -0.2) is 44.2 Å². The number of carbonyl (C=O) groups excluding carboxylic acids is 1. The van der Waals surface area contributed by atoms with E-state index < -0.39 is 0 Å². The summed E-state index contributed by atoms with van der Waals surface area (Å²) in [5.74, 6) is 0.178. The molecule has 2 saturated heterocycles. The highest BCUT2D eigenvalue weighted by Crippen LogP contribution is 2.44. The van der Waals surface area contributed by atoms with Gasteiger partial charge in [-0.05, 0) is 32.6 Å². The average Bonchev–Trinajstić information content (AvgIpc) is 3.25. The van der Waals surface area contributed by atoms with Gasteiger partial charge in [-0.2, -0.15) is 5.10 Å². The second-order valence-corrected chi connectivity index (χ2v) is 6.91. The number of amides is 1. The van der Waals surface area contributed by atoms with Crippen molar-refractivity contribution in [3.05, 3.63) is 29.2 Å². The van der Waals surface area contributed by atoms with E-state index in [1.807, 2.05) is 23.7 Å². The Bertz CT molecular complexity index is 793. The fourth-order valence-electron chi connectivity index (χ4n) is 4.48. The number of nitrogens with zero attached hydrogens (tertiary/aromatic N) is 4. The summed E-state index contributed by atoms with van der Waals surface area (Å²) >= 11 is 0. The molecule has 6 heteroatoms. The highest BCUT2D eigenvalue weighted by Gasteiger charge is 2.46. The predicted octanol–water partition coefficient (Wildman–Crippen LogP) is 1.80. The summed E-state index contributed by atoms with van der Waals surface area (Å²) in [5, 5.41) is 4.60. The van der Waals surface area contributed by atoms with E-state index in [0.717, 1.165) is 43.4 Å². The Kier molecular flexibility index (Phi) is 2.80. The zero-order valence-corrected chi connectivity index (χ0v) is 13.2. The molecule has 0 aromatic carbocycles. The minimum Gasteiger partial charge on any atom is -0.368 e. The molecule has 0 saturated carbocycles. The molecule has 3 unspecified atom stereocenters. The van der Waals surface area contributed by atoms with Crippen LogP contribution in [-0.2, 0) is 16.0 Å². The molecule has 2 aromatic heterocycles. The van der Waals surface area contributed by atoms with Crippen LogP contribution in [0.4, 0.5) is 0 Å². The van der Waals surface area contributed by atoms with E-state index in [2.05, 4.69) is 15.0 Å². The number of fused-ring (bicyclic) bond motifs is 6. The standard InChI is InChI=1S/C17H20N4O2/c1-10-7-16-18-9-12-13-5-4-11(8-14(12)21(16)19-10)20(13)17(22)15-3-2-6-23-15/h7,9,11,13,15H,2-6,8H2,1H3. The third kappa shape index (κ3) is 1.87. The summed E-state index contributed by atoms with van der Waals surface area (Å²) < 4.78 is 7.61. The molecule has 0 radical (unpaired) electrons. The summed E-state index contributed by atoms with van der Waals surface area (Å²) in [7, 11) is 0. The fourth-order valence-corrected chi connectivity index (χ4v) is 4.48. The van der Waals surface area contributed by atoms with Crippen molar-refractivity contribution in [1.82, 2.24) is 19.5 Å². The molecule has 0 N–H and O–H groups in total. The third-order valence-electron chi connectivity index (χ3n) is 5.49. The first kappa shape index (κ1) is 13.5. The Morgan fingerprint density at radius 1 is 1.35 bits per heavy atom. The largest absolute Gasteiger partial charge is 0.368 e. The van der Waals surface area contributed by atoms with Crippen LogP contribution >= 0.6 is 0 Å². The van der Waals surface area contributed by atoms with Gasteiger partial charge in [0.05, 0.1) is 17.4 Å². The normalized spacial score (nSPS) is 29.3. The van der Waals surface area contributed by atoms with Crippen LogP contribution in [0.1, 0.15) is 48.7 Å². The number of aromatic nitrogens is 3. The van der Waals surface area contributed by atoms with Gasteiger partial charge in [0.25, 0.3) is 5.91 Å². The molecule has 23 heavy (non-hydrogen) atoms. The zero-order chi connectivity index (χ0) is 15.6. The highest BCUT2D eigenvalue weighted by atomic mass is 16.5. The van der Waals surface area contributed by atoms with E-state index in [9.17, 15) is 4.79 Å². The number of rotatable bonds is 1. The summed E-state index contributed by atoms with van der Waals surface area (Å²) in [6.45, 7) is 2.71. The van der Waals surface area contributed by atoms with Gasteiger partial charge in [0.15, 0.2) is 5.65 Å². The molecule has 5 heterocycles. The van der Waals surface area contributed by atoms with Gasteiger partial charge in [-0.25, -0.2) is 9.50 Å². The second kappa shape index (κ2) is 4.77. The van der Waals surface area contributed by atoms with E-state index in [0.29, 0.717) is 6.61 Å². The van der Waals surface area contributed by atoms with Crippen molar-refractivity contribution in [3.63, 3.8) is 0 Å². The van der Waals surface area contributed by atoms with E-state index in [4.69, 9.17) is 4.74 Å². The minimum absolute atomic E-state index is 0.141. The lowest BCUT2D eigenvalue weighted by molar-refractivity contribution is -0.144. The summed E-state index contributed by atoms with van der Waals surface area (Å²) in [4.78, 5) is 19.5. The smallest absolute Gasteiger partial charge is 0.252 e. The van der Waals surface area contributed by atoms with Crippen molar-refractivity contribution in [2.24, 2.45) is 0 Å². The van der Waals surface area contributed by atoms with Gasteiger partial charge in [0.1, 0.15) is 6.10 Å². The van der Waals surface area contributed by atoms with Gasteiger partial charge >= 0.3 is 0 Å². The first-order chi connectivity index (χ1) is 11.2. The number of hydrogen-bond acceptors (Lipinski definition) is 4. The monoisotopic (exact) mass is 312 g/mol. The van der Waals surface area contributed by atoms with Crippen LogP contribution in [0, 0.1) is 6.92 Å². The quantitative estimate of drug-likeness (QED) is 0.806. The molecule has 0 spiro atoms. The molecule has 5 rings (SSSR count). The molecule has 2 aromatic rings. The first-order valence-electron chi connectivity index (χ1n) is 8.50. The van der Waals surface area contributed by atoms with Gasteiger partial charge < -0.3 is 9.64 Å². The maximum Gasteiger partial charge on any atom is 0.252 e. The van der Waals surface area contributed by atoms with E-state index in [1.54, 1.807) is 0 Å². The Hall–Kier alpha value is -1.95. The Morgan fingerprint density at radius 3 is 3.09 bits per heavy atom. The molecule has 3 atom stereocenters. The Morgan fingerprint density at radius 2 is 2.26 bits per heavy atom. The van der Waals surface area contributed by atoms with Gasteiger partial charge in [0, 0.05) is 36.9 Å². The van der Waals surface area contributed by atoms with Crippen LogP contribution < -0.4 is 0 Å². The molecule has 1 amide bonds. The topological polar surface area (TPSA) is 59.7 Å². The second-order valence-electron chi connectivity index (χ2n) is 6.91. The molecule has 2 bridgehead atoms. The van der Waals surface area contributed by atoms with Crippen molar-refractivity contribution >= 4 is 11.6 Å². The van der Waals surface area contributed by atoms with Crippen LogP contribution in [0.2, 0.25) is 0 Å². The molecule has 2 fully saturated rings. The lowest BCUT2D eigenvalue weighted by Crippen LogP contribution is -2.47. The third-order valence-corrected chi connectivity index (χ3v) is 5.49. The highest BCUT2D eigenvalue weighted by molar-refractivity contribution is 5.82. The molecule has 3 aliphatic heterocycles. The van der Waals surface area contributed by atoms with Crippen molar-refractivity contribution < 1.29 is 9.53 Å². The molecular weight excluding hydrogens is 292 g/mol. The van der Waals surface area contributed by atoms with Gasteiger partial charge in [-0.1, -0.05) is 0 Å². The SMILES string of the molecule is Cc1cc2ncc3c(n2n1)CC1CCC3N1C(=O)C1CCCO1. The lowest BCUT2D eigenvalue weighted by Gasteiger charge is -2.37. The maximum atomic E-state index is 12.9. The molecule has 3 aliphatic rings. The van der Waals surface area contributed by atoms with Gasteiger partial charge in [-0.3, -0.25) is 4.79 Å². The summed E-state index contributed by atoms with van der Waals surface area (Å²) in [5.41, 5.74) is 4.28. The van der Waals surface area contributed by atoms with Crippen LogP contribution in [0.3, 0.4) is 0 Å². The van der Waals surface area contributed by atoms with Gasteiger partial charge in [-0.15, -0.1) is 0 Å². The predicted molar refractivity (Wildman–Crippen MR) is 83.0 cm³/mol. The van der Waals surface area contributed by atoms with Crippen LogP contribution in [0.5, 0.6) is 0 Å². The van der Waals surface area contributed by atoms with Crippen LogP contribution in [0.15, 0.2) is 12.3 Å². The maximum absolute atomic E-state index is 12.9. The number of aryl methyl sites for hydroxylation is 1. The van der Waals surface area contributed by atoms with E-state index in [-0.39, 0.29) is 24.1 Å². The zero-order valence-electron chi connectivity index (χ0n) is 13.2. The Labute approximate surface area is 134 Å². The molecule has 0 aliphatic carbocycles. The molecular formula is C17H20N4O2. The average molecular weight is 312 g/mol. The lowest BCUT2D eigenvalue weighted by atomic mass is 9.98. The molecule has 6 nitrogen and oxygen atoms in total. The minimum atomic E-state index is -0.233. The number of hydrogen-bond donors (Lipinski definition) is 0. The number of carbonyl (C=O) groups is 1. The number of ether oxygens (including phenoxy) is 1. The van der Waals surface area contributed by atoms with Crippen molar-refractivity contribution in [3.8, 4) is 0 Å². The Balaban J connectivity index is 1.57. The van der Waals surface area contributed by atoms with Crippen molar-refractivity contribution in [1.29, 1.82) is 0 Å². The van der Waals surface area contributed by atoms with Gasteiger partial charge in [0.2, 0.25) is 0 Å². The summed E-state index contributed by atoms with van der Waals surface area (Å²) in [6.07, 6.45) is 6.51. The van der Waals surface area contributed by atoms with Crippen molar-refractivity contribution in [2.45, 2.75) is 57.2 Å². The van der Waals surface area contributed by atoms with E-state index in [1.165, 1.54) is 11.3 Å². The summed E-state index contributed by atoms with van der Waals surface area (Å²) in [6, 6.07) is 2.42.